The van der Waals surface area contributed by atoms with Crippen LogP contribution < -0.4 is 25.2 Å². The zero-order valence-corrected chi connectivity index (χ0v) is 20.1. The monoisotopic (exact) mass is 505 g/mol. The number of benzene rings is 2. The van der Waals surface area contributed by atoms with Crippen molar-refractivity contribution < 1.29 is 12.8 Å². The Morgan fingerprint density at radius 3 is 2.65 bits per heavy atom. The van der Waals surface area contributed by atoms with Crippen molar-refractivity contribution in [3.8, 4) is 0 Å². The van der Waals surface area contributed by atoms with Crippen LogP contribution in [0.1, 0.15) is 6.92 Å². The molecule has 4 rings (SSSR count). The summed E-state index contributed by atoms with van der Waals surface area (Å²) in [6.07, 6.45) is 1.42. The SMILES string of the molecule is CCN(c1ccccc1Nc1nc(Nc2ccc(N3CCNCC3)c(F)c2)ncc1Cl)[SH](=O)=O. The van der Waals surface area contributed by atoms with Gasteiger partial charge in [-0.05, 0) is 37.3 Å². The van der Waals surface area contributed by atoms with E-state index in [1.807, 2.05) is 4.90 Å². The zero-order valence-electron chi connectivity index (χ0n) is 18.5. The van der Waals surface area contributed by atoms with Crippen molar-refractivity contribution in [2.45, 2.75) is 6.92 Å². The molecule has 0 amide bonds. The van der Waals surface area contributed by atoms with Crippen molar-refractivity contribution in [1.82, 2.24) is 15.3 Å². The van der Waals surface area contributed by atoms with Crippen molar-refractivity contribution in [3.05, 3.63) is 59.5 Å². The average Bonchev–Trinajstić information content (AvgIpc) is 2.83. The molecular formula is C22H25ClFN7O2S. The molecule has 180 valence electrons. The zero-order chi connectivity index (χ0) is 24.1. The molecule has 0 saturated carbocycles. The second-order valence-electron chi connectivity index (χ2n) is 7.51. The molecule has 3 aromatic rings. The van der Waals surface area contributed by atoms with Gasteiger partial charge >= 0.3 is 0 Å². The van der Waals surface area contributed by atoms with Crippen LogP contribution in [-0.2, 0) is 10.9 Å². The number of nitrogens with one attached hydrogen (secondary N) is 3. The first-order valence-corrected chi connectivity index (χ1v) is 12.3. The first-order chi connectivity index (χ1) is 16.5. The van der Waals surface area contributed by atoms with E-state index in [-0.39, 0.29) is 29.2 Å². The van der Waals surface area contributed by atoms with E-state index in [2.05, 4.69) is 25.9 Å². The molecule has 0 unspecified atom stereocenters. The Bertz CT molecular complexity index is 1230. The molecule has 2 heterocycles. The highest BCUT2D eigenvalue weighted by Crippen LogP contribution is 2.32. The molecule has 0 spiro atoms. The van der Waals surface area contributed by atoms with E-state index < -0.39 is 10.9 Å². The Labute approximate surface area is 204 Å². The Balaban J connectivity index is 1.55. The van der Waals surface area contributed by atoms with E-state index in [1.165, 1.54) is 16.6 Å². The molecule has 1 aromatic heterocycles. The second kappa shape index (κ2) is 10.9. The van der Waals surface area contributed by atoms with E-state index >= 15 is 0 Å². The number of rotatable bonds is 8. The van der Waals surface area contributed by atoms with Crippen molar-refractivity contribution in [2.75, 3.05) is 52.6 Å². The highest BCUT2D eigenvalue weighted by molar-refractivity contribution is 7.74. The molecule has 0 atom stereocenters. The van der Waals surface area contributed by atoms with Crippen molar-refractivity contribution in [1.29, 1.82) is 0 Å². The Hall–Kier alpha value is -3.15. The normalized spacial score (nSPS) is 13.7. The number of hydrogen-bond donors (Lipinski definition) is 4. The van der Waals surface area contributed by atoms with Crippen LogP contribution in [0.2, 0.25) is 5.02 Å². The number of thiol groups is 1. The van der Waals surface area contributed by atoms with Crippen LogP contribution in [0.4, 0.5) is 38.9 Å². The quantitative estimate of drug-likeness (QED) is 0.345. The smallest absolute Gasteiger partial charge is 0.229 e. The molecule has 0 bridgehead atoms. The van der Waals surface area contributed by atoms with Crippen molar-refractivity contribution in [2.24, 2.45) is 0 Å². The van der Waals surface area contributed by atoms with Gasteiger partial charge in [0.1, 0.15) is 10.8 Å². The van der Waals surface area contributed by atoms with Gasteiger partial charge in [0.2, 0.25) is 16.8 Å². The predicted molar refractivity (Wildman–Crippen MR) is 135 cm³/mol. The largest absolute Gasteiger partial charge is 0.367 e. The molecule has 2 aromatic carbocycles. The fraction of sp³-hybridized carbons (Fsp3) is 0.273. The second-order valence-corrected chi connectivity index (χ2v) is 8.88. The molecule has 34 heavy (non-hydrogen) atoms. The van der Waals surface area contributed by atoms with Gasteiger partial charge in [0, 0.05) is 38.4 Å². The number of anilines is 6. The molecule has 0 aliphatic carbocycles. The lowest BCUT2D eigenvalue weighted by molar-refractivity contribution is 0.566. The van der Waals surface area contributed by atoms with E-state index in [0.29, 0.717) is 22.7 Å². The van der Waals surface area contributed by atoms with Crippen LogP contribution in [0.3, 0.4) is 0 Å². The summed E-state index contributed by atoms with van der Waals surface area (Å²) in [6, 6.07) is 11.8. The number of hydrogen-bond acceptors (Lipinski definition) is 8. The van der Waals surface area contributed by atoms with Crippen LogP contribution in [0.5, 0.6) is 0 Å². The Morgan fingerprint density at radius 2 is 1.94 bits per heavy atom. The number of para-hydroxylation sites is 2. The summed E-state index contributed by atoms with van der Waals surface area (Å²) in [6.45, 7) is 5.15. The average molecular weight is 506 g/mol. The van der Waals surface area contributed by atoms with Gasteiger partial charge in [0.15, 0.2) is 5.82 Å². The standard InChI is InChI=1S/C22H25ClFN7O2S/c1-2-31(34(32)33)20-6-4-3-5-18(20)28-21-16(23)14-26-22(29-21)27-15-7-8-19(17(24)13-15)30-11-9-25-10-12-30/h3-8,13-14,25,34H,2,9-12H2,1H3,(H2,26,27,28,29). The summed E-state index contributed by atoms with van der Waals surface area (Å²) in [5.41, 5.74) is 2.03. The molecule has 9 nitrogen and oxygen atoms in total. The molecule has 1 fully saturated rings. The van der Waals surface area contributed by atoms with E-state index in [4.69, 9.17) is 11.6 Å². The number of aromatic nitrogens is 2. The molecule has 3 N–H and O–H groups in total. The van der Waals surface area contributed by atoms with E-state index in [0.717, 1.165) is 26.2 Å². The summed E-state index contributed by atoms with van der Waals surface area (Å²) in [4.78, 5) is 10.6. The highest BCUT2D eigenvalue weighted by atomic mass is 35.5. The van der Waals surface area contributed by atoms with Gasteiger partial charge in [0.25, 0.3) is 0 Å². The third kappa shape index (κ3) is 5.49. The lowest BCUT2D eigenvalue weighted by Gasteiger charge is -2.29. The molecule has 1 saturated heterocycles. The fourth-order valence-corrected chi connectivity index (χ4v) is 4.42. The number of halogens is 2. The molecule has 1 aliphatic heterocycles. The summed E-state index contributed by atoms with van der Waals surface area (Å²) in [5, 5.41) is 9.57. The first kappa shape index (κ1) is 24.0. The number of nitrogens with zero attached hydrogens (tertiary/aromatic N) is 4. The predicted octanol–water partition coefficient (Wildman–Crippen LogP) is 3.52. The van der Waals surface area contributed by atoms with Crippen molar-refractivity contribution >= 4 is 57.0 Å². The Morgan fingerprint density at radius 1 is 1.18 bits per heavy atom. The van der Waals surface area contributed by atoms with E-state index in [1.54, 1.807) is 43.3 Å². The van der Waals surface area contributed by atoms with Gasteiger partial charge in [-0.15, -0.1) is 0 Å². The van der Waals surface area contributed by atoms with Gasteiger partial charge in [-0.3, -0.25) is 4.31 Å². The minimum atomic E-state index is -2.82. The van der Waals surface area contributed by atoms with Crippen LogP contribution in [0, 0.1) is 5.82 Å². The summed E-state index contributed by atoms with van der Waals surface area (Å²) >= 11 is 6.29. The maximum absolute atomic E-state index is 14.8. The summed E-state index contributed by atoms with van der Waals surface area (Å²) in [5.74, 6) is 0.155. The van der Waals surface area contributed by atoms with Crippen LogP contribution in [0.25, 0.3) is 0 Å². The van der Waals surface area contributed by atoms with Crippen molar-refractivity contribution in [3.63, 3.8) is 0 Å². The summed E-state index contributed by atoms with van der Waals surface area (Å²) in [7, 11) is -2.82. The third-order valence-electron chi connectivity index (χ3n) is 5.34. The summed E-state index contributed by atoms with van der Waals surface area (Å²) < 4.78 is 39.3. The van der Waals surface area contributed by atoms with Gasteiger partial charge in [-0.2, -0.15) is 4.98 Å². The maximum atomic E-state index is 14.8. The maximum Gasteiger partial charge on any atom is 0.229 e. The van der Waals surface area contributed by atoms with Crippen LogP contribution in [-0.4, -0.2) is 51.1 Å². The molecule has 1 aliphatic rings. The first-order valence-electron chi connectivity index (χ1n) is 10.8. The number of piperazine rings is 1. The van der Waals surface area contributed by atoms with Gasteiger partial charge in [0.05, 0.1) is 23.3 Å². The molecule has 12 heteroatoms. The Kier molecular flexibility index (Phi) is 7.66. The van der Waals surface area contributed by atoms with Gasteiger partial charge < -0.3 is 20.9 Å². The lowest BCUT2D eigenvalue weighted by atomic mass is 10.2. The highest BCUT2D eigenvalue weighted by Gasteiger charge is 2.16. The molecule has 0 radical (unpaired) electrons. The van der Waals surface area contributed by atoms with Crippen LogP contribution >= 0.6 is 11.6 Å². The van der Waals surface area contributed by atoms with Gasteiger partial charge in [-0.25, -0.2) is 17.8 Å². The topological polar surface area (TPSA) is 102 Å². The fourth-order valence-electron chi connectivity index (χ4n) is 3.70. The van der Waals surface area contributed by atoms with Crippen LogP contribution in [0.15, 0.2) is 48.7 Å². The third-order valence-corrected chi connectivity index (χ3v) is 6.51. The lowest BCUT2D eigenvalue weighted by Crippen LogP contribution is -2.43. The van der Waals surface area contributed by atoms with Gasteiger partial charge in [-0.1, -0.05) is 23.7 Å². The van der Waals surface area contributed by atoms with E-state index in [9.17, 15) is 12.8 Å². The minimum absolute atomic E-state index is 0.209. The molecular weight excluding hydrogens is 481 g/mol. The minimum Gasteiger partial charge on any atom is -0.367 e.